The maximum absolute atomic E-state index is 11.7. The Kier molecular flexibility index (Phi) is 5.23. The third kappa shape index (κ3) is 3.77. The molecular formula is C9H14BrN5O3. The van der Waals surface area contributed by atoms with E-state index in [1.54, 1.807) is 0 Å². The number of nitrogens with one attached hydrogen (secondary N) is 2. The molecule has 0 aromatic carbocycles. The summed E-state index contributed by atoms with van der Waals surface area (Å²) in [5, 5.41) is 19.0. The van der Waals surface area contributed by atoms with Crippen LogP contribution in [0.4, 0.5) is 5.82 Å². The average molecular weight is 320 g/mol. The Balaban J connectivity index is 2.54. The summed E-state index contributed by atoms with van der Waals surface area (Å²) in [5.41, 5.74) is -0.00782. The summed E-state index contributed by atoms with van der Waals surface area (Å²) in [6, 6.07) is 0. The molecule has 0 radical (unpaired) electrons. The van der Waals surface area contributed by atoms with Crippen LogP contribution in [0.2, 0.25) is 0 Å². The van der Waals surface area contributed by atoms with E-state index in [0.29, 0.717) is 6.54 Å². The van der Waals surface area contributed by atoms with Crippen molar-refractivity contribution in [3.8, 4) is 0 Å². The smallest absolute Gasteiger partial charge is 0.357 e. The second-order valence-corrected chi connectivity index (χ2v) is 4.70. The van der Waals surface area contributed by atoms with E-state index in [1.807, 2.05) is 19.0 Å². The number of halogens is 1. The van der Waals surface area contributed by atoms with Crippen molar-refractivity contribution >= 4 is 27.7 Å². The minimum Gasteiger partial charge on any atom is -0.358 e. The average Bonchev–Trinajstić information content (AvgIpc) is 2.66. The van der Waals surface area contributed by atoms with Crippen molar-refractivity contribution in [1.29, 1.82) is 0 Å². The maximum atomic E-state index is 11.7. The Labute approximate surface area is 112 Å². The summed E-state index contributed by atoms with van der Waals surface area (Å²) in [5.74, 6) is -0.765. The fourth-order valence-electron chi connectivity index (χ4n) is 1.27. The zero-order valence-electron chi connectivity index (χ0n) is 10.1. The molecule has 0 aliphatic carbocycles. The van der Waals surface area contributed by atoms with Gasteiger partial charge >= 0.3 is 5.82 Å². The molecule has 0 bridgehead atoms. The van der Waals surface area contributed by atoms with Crippen LogP contribution in [0.25, 0.3) is 0 Å². The van der Waals surface area contributed by atoms with Crippen molar-refractivity contribution in [1.82, 2.24) is 20.4 Å². The van der Waals surface area contributed by atoms with Crippen molar-refractivity contribution in [3.05, 3.63) is 20.3 Å². The molecule has 0 aliphatic rings. The Morgan fingerprint density at radius 2 is 2.28 bits per heavy atom. The Hall–Kier alpha value is -1.48. The molecule has 9 heteroatoms. The number of hydrogen-bond donors (Lipinski definition) is 2. The van der Waals surface area contributed by atoms with Crippen LogP contribution in [0.15, 0.2) is 4.47 Å². The second kappa shape index (κ2) is 6.45. The molecule has 18 heavy (non-hydrogen) atoms. The van der Waals surface area contributed by atoms with E-state index in [-0.39, 0.29) is 16.0 Å². The molecule has 0 fully saturated rings. The van der Waals surface area contributed by atoms with Gasteiger partial charge in [-0.2, -0.15) is 0 Å². The first-order valence-electron chi connectivity index (χ1n) is 5.24. The van der Waals surface area contributed by atoms with Gasteiger partial charge in [-0.1, -0.05) is 5.10 Å². The molecule has 100 valence electrons. The van der Waals surface area contributed by atoms with Crippen LogP contribution in [-0.4, -0.2) is 53.1 Å². The summed E-state index contributed by atoms with van der Waals surface area (Å²) in [7, 11) is 3.88. The number of nitrogens with zero attached hydrogens (tertiary/aromatic N) is 3. The molecule has 1 rings (SSSR count). The first kappa shape index (κ1) is 14.6. The molecule has 1 aromatic rings. The quantitative estimate of drug-likeness (QED) is 0.457. The minimum atomic E-state index is -0.639. The molecule has 1 heterocycles. The van der Waals surface area contributed by atoms with Gasteiger partial charge in [0.2, 0.25) is 0 Å². The summed E-state index contributed by atoms with van der Waals surface area (Å²) >= 11 is 2.98. The molecular weight excluding hydrogens is 306 g/mol. The fourth-order valence-corrected chi connectivity index (χ4v) is 1.77. The molecule has 2 N–H and O–H groups in total. The highest BCUT2D eigenvalue weighted by Gasteiger charge is 2.24. The van der Waals surface area contributed by atoms with Crippen LogP contribution in [-0.2, 0) is 0 Å². The third-order valence-electron chi connectivity index (χ3n) is 2.15. The van der Waals surface area contributed by atoms with Gasteiger partial charge < -0.3 is 20.3 Å². The van der Waals surface area contributed by atoms with E-state index < -0.39 is 10.8 Å². The first-order valence-corrected chi connectivity index (χ1v) is 6.04. The van der Waals surface area contributed by atoms with Crippen molar-refractivity contribution in [2.75, 3.05) is 27.2 Å². The molecule has 0 spiro atoms. The predicted molar refractivity (Wildman–Crippen MR) is 68.4 cm³/mol. The Morgan fingerprint density at radius 3 is 2.78 bits per heavy atom. The van der Waals surface area contributed by atoms with E-state index in [4.69, 9.17) is 0 Å². The van der Waals surface area contributed by atoms with Crippen molar-refractivity contribution in [3.63, 3.8) is 0 Å². The van der Waals surface area contributed by atoms with Crippen molar-refractivity contribution < 1.29 is 9.72 Å². The molecule has 0 saturated heterocycles. The van der Waals surface area contributed by atoms with E-state index in [1.165, 1.54) is 0 Å². The zero-order valence-corrected chi connectivity index (χ0v) is 11.7. The van der Waals surface area contributed by atoms with E-state index in [2.05, 4.69) is 31.4 Å². The number of hydrogen-bond acceptors (Lipinski definition) is 5. The van der Waals surface area contributed by atoms with Crippen LogP contribution in [0.3, 0.4) is 0 Å². The first-order chi connectivity index (χ1) is 8.43. The highest BCUT2D eigenvalue weighted by atomic mass is 79.9. The number of carbonyl (C=O) groups excluding carboxylic acids is 1. The summed E-state index contributed by atoms with van der Waals surface area (Å²) < 4.78 is 0.0672. The van der Waals surface area contributed by atoms with E-state index >= 15 is 0 Å². The zero-order chi connectivity index (χ0) is 13.7. The standard InChI is InChI=1S/C9H14BrN5O3/c1-14(2)5-3-4-11-9(16)7-6(10)8(13-12-7)15(17)18/h3-5H2,1-2H3,(H,11,16)(H,12,13). The molecule has 0 unspecified atom stereocenters. The van der Waals surface area contributed by atoms with Gasteiger partial charge in [0.1, 0.15) is 4.47 Å². The van der Waals surface area contributed by atoms with Gasteiger partial charge in [-0.3, -0.25) is 4.79 Å². The van der Waals surface area contributed by atoms with Gasteiger partial charge in [-0.25, -0.2) is 0 Å². The summed E-state index contributed by atoms with van der Waals surface area (Å²) in [4.78, 5) is 23.6. The van der Waals surface area contributed by atoms with Crippen LogP contribution in [0, 0.1) is 10.1 Å². The molecule has 1 amide bonds. The fraction of sp³-hybridized carbons (Fsp3) is 0.556. The number of rotatable bonds is 6. The van der Waals surface area contributed by atoms with Gasteiger partial charge in [-0.15, -0.1) is 5.10 Å². The Morgan fingerprint density at radius 1 is 1.61 bits per heavy atom. The van der Waals surface area contributed by atoms with Gasteiger partial charge in [-0.05, 0) is 47.9 Å². The maximum Gasteiger partial charge on any atom is 0.357 e. The predicted octanol–water partition coefficient (Wildman–Crippen LogP) is 0.762. The lowest BCUT2D eigenvalue weighted by atomic mass is 10.3. The highest BCUT2D eigenvalue weighted by Crippen LogP contribution is 2.25. The van der Waals surface area contributed by atoms with Gasteiger partial charge in [0.05, 0.1) is 0 Å². The summed E-state index contributed by atoms with van der Waals surface area (Å²) in [6.45, 7) is 1.34. The number of amides is 1. The second-order valence-electron chi connectivity index (χ2n) is 3.90. The van der Waals surface area contributed by atoms with Gasteiger partial charge in [0.25, 0.3) is 5.91 Å². The molecule has 0 saturated carbocycles. The number of aromatic nitrogens is 2. The van der Waals surface area contributed by atoms with Crippen LogP contribution in [0.5, 0.6) is 0 Å². The third-order valence-corrected chi connectivity index (χ3v) is 2.91. The number of H-pyrrole nitrogens is 1. The summed E-state index contributed by atoms with van der Waals surface area (Å²) in [6.07, 6.45) is 0.795. The number of aromatic amines is 1. The van der Waals surface area contributed by atoms with Crippen LogP contribution < -0.4 is 5.32 Å². The molecule has 8 nitrogen and oxygen atoms in total. The minimum absolute atomic E-state index is 0.00782. The van der Waals surface area contributed by atoms with Crippen LogP contribution >= 0.6 is 15.9 Å². The molecule has 1 aromatic heterocycles. The van der Waals surface area contributed by atoms with Gasteiger partial charge in [0, 0.05) is 6.54 Å². The van der Waals surface area contributed by atoms with Crippen molar-refractivity contribution in [2.24, 2.45) is 0 Å². The van der Waals surface area contributed by atoms with Gasteiger partial charge in [0.15, 0.2) is 5.69 Å². The lowest BCUT2D eigenvalue weighted by Gasteiger charge is -2.09. The normalized spacial score (nSPS) is 10.7. The topological polar surface area (TPSA) is 104 Å². The molecule has 0 atom stereocenters. The lowest BCUT2D eigenvalue weighted by Crippen LogP contribution is -2.27. The largest absolute Gasteiger partial charge is 0.358 e. The number of carbonyl (C=O) groups is 1. The van der Waals surface area contributed by atoms with Crippen LogP contribution in [0.1, 0.15) is 16.9 Å². The highest BCUT2D eigenvalue weighted by molar-refractivity contribution is 9.10. The van der Waals surface area contributed by atoms with E-state index in [0.717, 1.165) is 13.0 Å². The monoisotopic (exact) mass is 319 g/mol. The Bertz CT molecular complexity index is 445. The van der Waals surface area contributed by atoms with Crippen molar-refractivity contribution in [2.45, 2.75) is 6.42 Å². The molecule has 0 aliphatic heterocycles. The number of nitro groups is 1. The SMILES string of the molecule is CN(C)CCCNC(=O)c1n[nH]c([N+](=O)[O-])c1Br. The van der Waals surface area contributed by atoms with E-state index in [9.17, 15) is 14.9 Å². The lowest BCUT2D eigenvalue weighted by molar-refractivity contribution is -0.390.